The highest BCUT2D eigenvalue weighted by Crippen LogP contribution is 2.45. The Hall–Kier alpha value is -0.410. The average molecular weight is 208 g/mol. The van der Waals surface area contributed by atoms with E-state index in [9.17, 15) is 0 Å². The van der Waals surface area contributed by atoms with E-state index in [2.05, 4.69) is 15.3 Å². The Balaban J connectivity index is 1.69. The molecule has 0 atom stereocenters. The van der Waals surface area contributed by atoms with Gasteiger partial charge in [-0.3, -0.25) is 4.90 Å². The van der Waals surface area contributed by atoms with E-state index < -0.39 is 0 Å². The summed E-state index contributed by atoms with van der Waals surface area (Å²) in [5.74, 6) is 0. The maximum absolute atomic E-state index is 4.16. The molecule has 2 aliphatic rings. The number of likely N-dealkylation sites (tertiary alicyclic amines) is 1. The van der Waals surface area contributed by atoms with Crippen LogP contribution < -0.4 is 0 Å². The highest BCUT2D eigenvalue weighted by atomic mass is 32.1. The van der Waals surface area contributed by atoms with Crippen LogP contribution in [0, 0.1) is 0 Å². The van der Waals surface area contributed by atoms with E-state index in [0.29, 0.717) is 5.54 Å². The molecule has 1 aromatic heterocycles. The summed E-state index contributed by atoms with van der Waals surface area (Å²) in [6.07, 6.45) is 9.11. The quantitative estimate of drug-likeness (QED) is 0.743. The predicted octanol–water partition coefficient (Wildman–Crippen LogP) is 2.66. The molecule has 76 valence electrons. The van der Waals surface area contributed by atoms with Gasteiger partial charge in [-0.2, -0.15) is 0 Å². The predicted molar refractivity (Wildman–Crippen MR) is 58.3 cm³/mol. The van der Waals surface area contributed by atoms with Gasteiger partial charge in [0.25, 0.3) is 0 Å². The average Bonchev–Trinajstić information content (AvgIpc) is 2.84. The first-order chi connectivity index (χ1) is 6.89. The molecule has 2 heterocycles. The number of hydrogen-bond acceptors (Lipinski definition) is 3. The number of rotatable bonds is 2. The third-order valence-corrected chi connectivity index (χ3v) is 4.62. The molecule has 0 amide bonds. The van der Waals surface area contributed by atoms with Crippen LogP contribution in [0.15, 0.2) is 12.3 Å². The minimum Gasteiger partial charge on any atom is -0.292 e. The summed E-state index contributed by atoms with van der Waals surface area (Å²) in [5.41, 5.74) is 0.615. The van der Waals surface area contributed by atoms with Crippen molar-refractivity contribution in [3.63, 3.8) is 0 Å². The summed E-state index contributed by atoms with van der Waals surface area (Å²) < 4.78 is 4.16. The molecule has 2 fully saturated rings. The lowest BCUT2D eigenvalue weighted by molar-refractivity contribution is -0.0160. The molecule has 1 spiro atoms. The highest BCUT2D eigenvalue weighted by Gasteiger charge is 2.45. The van der Waals surface area contributed by atoms with Gasteiger partial charge in [-0.25, -0.2) is 4.37 Å². The molecule has 1 aromatic rings. The fourth-order valence-electron chi connectivity index (χ4n) is 2.94. The molecule has 3 rings (SSSR count). The van der Waals surface area contributed by atoms with Crippen molar-refractivity contribution in [1.82, 2.24) is 9.27 Å². The van der Waals surface area contributed by atoms with Gasteiger partial charge in [0, 0.05) is 29.7 Å². The molecule has 14 heavy (non-hydrogen) atoms. The molecule has 1 aliphatic heterocycles. The second-order valence-electron chi connectivity index (χ2n) is 4.58. The van der Waals surface area contributed by atoms with Crippen LogP contribution in [0.3, 0.4) is 0 Å². The second kappa shape index (κ2) is 3.31. The van der Waals surface area contributed by atoms with Crippen LogP contribution in [-0.4, -0.2) is 21.4 Å². The molecule has 1 aliphatic carbocycles. The van der Waals surface area contributed by atoms with Crippen molar-refractivity contribution in [2.75, 3.05) is 6.54 Å². The van der Waals surface area contributed by atoms with Crippen molar-refractivity contribution in [3.8, 4) is 0 Å². The first kappa shape index (κ1) is 8.86. The van der Waals surface area contributed by atoms with E-state index in [1.165, 1.54) is 43.5 Å². The molecule has 1 saturated carbocycles. The normalized spacial score (nSPS) is 25.4. The molecular weight excluding hydrogens is 192 g/mol. The van der Waals surface area contributed by atoms with E-state index in [-0.39, 0.29) is 0 Å². The van der Waals surface area contributed by atoms with Gasteiger partial charge >= 0.3 is 0 Å². The van der Waals surface area contributed by atoms with Gasteiger partial charge in [-0.15, -0.1) is 0 Å². The smallest absolute Gasteiger partial charge is 0.0410 e. The zero-order valence-corrected chi connectivity index (χ0v) is 9.22. The second-order valence-corrected chi connectivity index (χ2v) is 5.50. The Kier molecular flexibility index (Phi) is 2.10. The summed E-state index contributed by atoms with van der Waals surface area (Å²) in [5, 5.41) is 0. The minimum absolute atomic E-state index is 0.615. The maximum Gasteiger partial charge on any atom is 0.0410 e. The molecule has 1 saturated heterocycles. The summed E-state index contributed by atoms with van der Waals surface area (Å²) in [6, 6.07) is 2.16. The molecule has 0 bridgehead atoms. The fourth-order valence-corrected chi connectivity index (χ4v) is 3.54. The van der Waals surface area contributed by atoms with Crippen molar-refractivity contribution in [1.29, 1.82) is 0 Å². The standard InChI is InChI=1S/C11H16N2S/c1-2-5-11(4-1)6-8-13(11)9-10-3-7-12-14-10/h3,7H,1-2,4-6,8-9H2. The minimum atomic E-state index is 0.615. The SMILES string of the molecule is c1cc(CN2CCC23CCCC3)sn1. The molecule has 0 aromatic carbocycles. The lowest BCUT2D eigenvalue weighted by Crippen LogP contribution is -2.57. The first-order valence-electron chi connectivity index (χ1n) is 5.54. The highest BCUT2D eigenvalue weighted by molar-refractivity contribution is 7.05. The summed E-state index contributed by atoms with van der Waals surface area (Å²) in [4.78, 5) is 4.10. The Morgan fingerprint density at radius 1 is 1.36 bits per heavy atom. The number of nitrogens with zero attached hydrogens (tertiary/aromatic N) is 2. The maximum atomic E-state index is 4.16. The third-order valence-electron chi connectivity index (χ3n) is 3.89. The van der Waals surface area contributed by atoms with Gasteiger partial charge in [0.15, 0.2) is 0 Å². The lowest BCUT2D eigenvalue weighted by Gasteiger charge is -2.51. The van der Waals surface area contributed by atoms with E-state index >= 15 is 0 Å². The van der Waals surface area contributed by atoms with Crippen LogP contribution >= 0.6 is 11.5 Å². The summed E-state index contributed by atoms with van der Waals surface area (Å²) in [7, 11) is 0. The van der Waals surface area contributed by atoms with Gasteiger partial charge in [0.1, 0.15) is 0 Å². The van der Waals surface area contributed by atoms with Crippen molar-refractivity contribution in [2.24, 2.45) is 0 Å². The van der Waals surface area contributed by atoms with Crippen LogP contribution in [0.5, 0.6) is 0 Å². The molecule has 3 heteroatoms. The summed E-state index contributed by atoms with van der Waals surface area (Å²) in [6.45, 7) is 2.45. The fraction of sp³-hybridized carbons (Fsp3) is 0.727. The Labute approximate surface area is 89.1 Å². The van der Waals surface area contributed by atoms with E-state index in [1.54, 1.807) is 11.5 Å². The van der Waals surface area contributed by atoms with Gasteiger partial charge in [-0.1, -0.05) is 12.8 Å². The van der Waals surface area contributed by atoms with Crippen LogP contribution in [0.25, 0.3) is 0 Å². The van der Waals surface area contributed by atoms with E-state index in [0.717, 1.165) is 6.54 Å². The Bertz CT molecular complexity index is 301. The Morgan fingerprint density at radius 2 is 2.21 bits per heavy atom. The number of hydrogen-bond donors (Lipinski definition) is 0. The van der Waals surface area contributed by atoms with E-state index in [4.69, 9.17) is 0 Å². The van der Waals surface area contributed by atoms with Crippen molar-refractivity contribution >= 4 is 11.5 Å². The van der Waals surface area contributed by atoms with E-state index in [1.807, 2.05) is 6.20 Å². The van der Waals surface area contributed by atoms with Crippen molar-refractivity contribution in [2.45, 2.75) is 44.2 Å². The molecule has 0 unspecified atom stereocenters. The van der Waals surface area contributed by atoms with Crippen LogP contribution in [0.4, 0.5) is 0 Å². The third kappa shape index (κ3) is 1.30. The van der Waals surface area contributed by atoms with Gasteiger partial charge in [0.05, 0.1) is 0 Å². The topological polar surface area (TPSA) is 16.1 Å². The zero-order valence-electron chi connectivity index (χ0n) is 8.41. The van der Waals surface area contributed by atoms with Gasteiger partial charge < -0.3 is 0 Å². The molecule has 0 radical (unpaired) electrons. The largest absolute Gasteiger partial charge is 0.292 e. The number of aromatic nitrogens is 1. The van der Waals surface area contributed by atoms with Crippen LogP contribution in [0.2, 0.25) is 0 Å². The van der Waals surface area contributed by atoms with Crippen molar-refractivity contribution < 1.29 is 0 Å². The first-order valence-corrected chi connectivity index (χ1v) is 6.31. The van der Waals surface area contributed by atoms with Crippen molar-refractivity contribution in [3.05, 3.63) is 17.1 Å². The van der Waals surface area contributed by atoms with Crippen LogP contribution in [0.1, 0.15) is 37.0 Å². The summed E-state index contributed by atoms with van der Waals surface area (Å²) >= 11 is 1.65. The monoisotopic (exact) mass is 208 g/mol. The van der Waals surface area contributed by atoms with Crippen LogP contribution in [-0.2, 0) is 6.54 Å². The molecule has 0 N–H and O–H groups in total. The zero-order chi connectivity index (χ0) is 9.43. The molecule has 2 nitrogen and oxygen atoms in total. The van der Waals surface area contributed by atoms with Gasteiger partial charge in [-0.05, 0) is 36.9 Å². The van der Waals surface area contributed by atoms with Gasteiger partial charge in [0.2, 0.25) is 0 Å². The lowest BCUT2D eigenvalue weighted by atomic mass is 9.83. The Morgan fingerprint density at radius 3 is 2.79 bits per heavy atom. The molecular formula is C11H16N2S.